The molecule has 0 saturated carbocycles. The van der Waals surface area contributed by atoms with Crippen LogP contribution in [0.1, 0.15) is 17.2 Å². The first-order valence-electron chi connectivity index (χ1n) is 7.32. The predicted molar refractivity (Wildman–Crippen MR) is 84.4 cm³/mol. The van der Waals surface area contributed by atoms with Gasteiger partial charge in [0.15, 0.2) is 0 Å². The lowest BCUT2D eigenvalue weighted by Crippen LogP contribution is -2.42. The maximum atomic E-state index is 13.0. The molecule has 4 nitrogen and oxygen atoms in total. The monoisotopic (exact) mass is 348 g/mol. The summed E-state index contributed by atoms with van der Waals surface area (Å²) in [4.78, 5) is 12.4. The third kappa shape index (κ3) is 4.51. The third-order valence-electron chi connectivity index (χ3n) is 3.56. The molecule has 1 amide bonds. The maximum absolute atomic E-state index is 13.0. The average molecular weight is 348 g/mol. The van der Waals surface area contributed by atoms with Gasteiger partial charge in [0, 0.05) is 6.54 Å². The fraction of sp³-hybridized carbons (Fsp3) is 0.222. The lowest BCUT2D eigenvalue weighted by molar-refractivity contribution is -0.187. The van der Waals surface area contributed by atoms with Crippen LogP contribution in [0.25, 0.3) is 0 Å². The van der Waals surface area contributed by atoms with Crippen LogP contribution < -0.4 is 4.74 Å². The van der Waals surface area contributed by atoms with E-state index in [0.29, 0.717) is 16.2 Å². The minimum atomic E-state index is -5.07. The van der Waals surface area contributed by atoms with Gasteiger partial charge in [-0.1, -0.05) is 42.5 Å². The molecule has 0 unspecified atom stereocenters. The standard InChI is InChI=1S/C18H15F3N2O2/c1-25-15-9-7-14(8-10-15)16(11-22)23(17(24)18(19,20)21)12-13-5-3-2-4-6-13/h2-10,16H,12H2,1H3/t16-/m1/s1. The quantitative estimate of drug-likeness (QED) is 0.825. The molecule has 0 radical (unpaired) electrons. The Bertz CT molecular complexity index is 753. The van der Waals surface area contributed by atoms with E-state index in [1.807, 2.05) is 0 Å². The number of rotatable bonds is 5. The van der Waals surface area contributed by atoms with Crippen molar-refractivity contribution in [3.63, 3.8) is 0 Å². The summed E-state index contributed by atoms with van der Waals surface area (Å²) in [6.45, 7) is -0.330. The minimum Gasteiger partial charge on any atom is -0.497 e. The van der Waals surface area contributed by atoms with E-state index in [9.17, 15) is 23.2 Å². The predicted octanol–water partition coefficient (Wildman–Crippen LogP) is 3.85. The van der Waals surface area contributed by atoms with Crippen molar-refractivity contribution in [1.29, 1.82) is 5.26 Å². The number of hydrogen-bond donors (Lipinski definition) is 0. The Hall–Kier alpha value is -3.01. The third-order valence-corrected chi connectivity index (χ3v) is 3.56. The van der Waals surface area contributed by atoms with Crippen molar-refractivity contribution < 1.29 is 22.7 Å². The Morgan fingerprint density at radius 2 is 1.76 bits per heavy atom. The highest BCUT2D eigenvalue weighted by atomic mass is 19.4. The summed E-state index contributed by atoms with van der Waals surface area (Å²) in [5.74, 6) is -1.56. The summed E-state index contributed by atoms with van der Waals surface area (Å²) < 4.78 is 44.0. The van der Waals surface area contributed by atoms with Crippen LogP contribution in [0.5, 0.6) is 5.75 Å². The number of ether oxygens (including phenoxy) is 1. The van der Waals surface area contributed by atoms with E-state index in [1.165, 1.54) is 31.4 Å². The number of benzene rings is 2. The summed E-state index contributed by atoms with van der Waals surface area (Å²) in [5, 5.41) is 9.43. The van der Waals surface area contributed by atoms with Crippen LogP contribution in [0.4, 0.5) is 13.2 Å². The van der Waals surface area contributed by atoms with Gasteiger partial charge in [0.05, 0.1) is 13.2 Å². The maximum Gasteiger partial charge on any atom is 0.471 e. The Balaban J connectivity index is 2.40. The van der Waals surface area contributed by atoms with E-state index in [4.69, 9.17) is 4.74 Å². The first kappa shape index (κ1) is 18.3. The minimum absolute atomic E-state index is 0.275. The molecule has 0 heterocycles. The molecular formula is C18H15F3N2O2. The number of amides is 1. The molecule has 130 valence electrons. The molecule has 0 spiro atoms. The second kappa shape index (κ2) is 7.71. The Morgan fingerprint density at radius 1 is 1.16 bits per heavy atom. The zero-order valence-corrected chi connectivity index (χ0v) is 13.3. The molecule has 0 aliphatic rings. The van der Waals surface area contributed by atoms with Crippen molar-refractivity contribution in [3.8, 4) is 11.8 Å². The molecule has 0 aliphatic carbocycles. The highest BCUT2D eigenvalue weighted by Gasteiger charge is 2.45. The normalized spacial score (nSPS) is 12.1. The first-order chi connectivity index (χ1) is 11.9. The van der Waals surface area contributed by atoms with E-state index in [0.717, 1.165) is 0 Å². The first-order valence-corrected chi connectivity index (χ1v) is 7.32. The van der Waals surface area contributed by atoms with E-state index < -0.39 is 18.1 Å². The molecular weight excluding hydrogens is 333 g/mol. The molecule has 0 aliphatic heterocycles. The van der Waals surface area contributed by atoms with Crippen molar-refractivity contribution in [1.82, 2.24) is 4.90 Å². The summed E-state index contributed by atoms with van der Waals surface area (Å²) in [6, 6.07) is 14.6. The van der Waals surface area contributed by atoms with E-state index >= 15 is 0 Å². The molecule has 0 aromatic heterocycles. The molecule has 25 heavy (non-hydrogen) atoms. The average Bonchev–Trinajstić information content (AvgIpc) is 2.61. The summed E-state index contributed by atoms with van der Waals surface area (Å²) in [5.41, 5.74) is 0.769. The van der Waals surface area contributed by atoms with Crippen LogP contribution in [0.15, 0.2) is 54.6 Å². The topological polar surface area (TPSA) is 53.3 Å². The van der Waals surface area contributed by atoms with Crippen LogP contribution in [0.3, 0.4) is 0 Å². The van der Waals surface area contributed by atoms with Crippen LogP contribution in [0.2, 0.25) is 0 Å². The number of nitriles is 1. The SMILES string of the molecule is COc1ccc([C@@H](C#N)N(Cc2ccccc2)C(=O)C(F)(F)F)cc1. The van der Waals surface area contributed by atoms with Crippen molar-refractivity contribution in [2.24, 2.45) is 0 Å². The molecule has 0 saturated heterocycles. The molecule has 7 heteroatoms. The van der Waals surface area contributed by atoms with Crippen molar-refractivity contribution in [2.45, 2.75) is 18.8 Å². The van der Waals surface area contributed by atoms with E-state index in [1.54, 1.807) is 36.4 Å². The Kier molecular flexibility index (Phi) is 5.65. The highest BCUT2D eigenvalue weighted by Crippen LogP contribution is 2.29. The fourth-order valence-corrected chi connectivity index (χ4v) is 2.33. The van der Waals surface area contributed by atoms with Gasteiger partial charge in [0.1, 0.15) is 11.8 Å². The zero-order chi connectivity index (χ0) is 18.4. The number of halogens is 3. The van der Waals surface area contributed by atoms with Gasteiger partial charge in [-0.2, -0.15) is 18.4 Å². The fourth-order valence-electron chi connectivity index (χ4n) is 2.33. The zero-order valence-electron chi connectivity index (χ0n) is 13.3. The number of alkyl halides is 3. The summed E-state index contributed by atoms with van der Waals surface area (Å²) >= 11 is 0. The molecule has 0 N–H and O–H groups in total. The van der Waals surface area contributed by atoms with Gasteiger partial charge in [-0.05, 0) is 23.3 Å². The van der Waals surface area contributed by atoms with E-state index in [2.05, 4.69) is 0 Å². The molecule has 2 aromatic rings. The lowest BCUT2D eigenvalue weighted by atomic mass is 10.0. The second-order valence-electron chi connectivity index (χ2n) is 5.22. The van der Waals surface area contributed by atoms with Crippen LogP contribution in [0, 0.1) is 11.3 Å². The van der Waals surface area contributed by atoms with Gasteiger partial charge in [0.2, 0.25) is 0 Å². The Morgan fingerprint density at radius 3 is 2.24 bits per heavy atom. The summed E-state index contributed by atoms with van der Waals surface area (Å²) in [6.07, 6.45) is -5.07. The van der Waals surface area contributed by atoms with Crippen molar-refractivity contribution in [3.05, 3.63) is 65.7 Å². The lowest BCUT2D eigenvalue weighted by Gasteiger charge is -2.28. The molecule has 1 atom stereocenters. The summed E-state index contributed by atoms with van der Waals surface area (Å²) in [7, 11) is 1.45. The van der Waals surface area contributed by atoms with Gasteiger partial charge in [0.25, 0.3) is 0 Å². The van der Waals surface area contributed by atoms with Crippen LogP contribution in [-0.2, 0) is 11.3 Å². The van der Waals surface area contributed by atoms with E-state index in [-0.39, 0.29) is 12.1 Å². The molecule has 2 aromatic carbocycles. The van der Waals surface area contributed by atoms with Crippen molar-refractivity contribution >= 4 is 5.91 Å². The number of nitrogens with zero attached hydrogens (tertiary/aromatic N) is 2. The number of carbonyl (C=O) groups excluding carboxylic acids is 1. The second-order valence-corrected chi connectivity index (χ2v) is 5.22. The highest BCUT2D eigenvalue weighted by molar-refractivity contribution is 5.82. The smallest absolute Gasteiger partial charge is 0.471 e. The number of carbonyl (C=O) groups is 1. The van der Waals surface area contributed by atoms with Crippen LogP contribution >= 0.6 is 0 Å². The van der Waals surface area contributed by atoms with Gasteiger partial charge >= 0.3 is 12.1 Å². The van der Waals surface area contributed by atoms with Gasteiger partial charge in [-0.15, -0.1) is 0 Å². The number of hydrogen-bond acceptors (Lipinski definition) is 3. The van der Waals surface area contributed by atoms with Crippen molar-refractivity contribution in [2.75, 3.05) is 7.11 Å². The Labute approximate surface area is 143 Å². The molecule has 0 fully saturated rings. The molecule has 0 bridgehead atoms. The van der Waals surface area contributed by atoms with Gasteiger partial charge < -0.3 is 9.64 Å². The van der Waals surface area contributed by atoms with Crippen LogP contribution in [-0.4, -0.2) is 24.1 Å². The van der Waals surface area contributed by atoms with Gasteiger partial charge in [-0.25, -0.2) is 0 Å². The van der Waals surface area contributed by atoms with Gasteiger partial charge in [-0.3, -0.25) is 4.79 Å². The largest absolute Gasteiger partial charge is 0.497 e. The molecule has 2 rings (SSSR count). The number of methoxy groups -OCH3 is 1.